The first-order chi connectivity index (χ1) is 16.2. The van der Waals surface area contributed by atoms with E-state index in [9.17, 15) is 18.0 Å². The maximum atomic E-state index is 13.0. The highest BCUT2D eigenvalue weighted by atomic mass is 32.2. The predicted octanol–water partition coefficient (Wildman–Crippen LogP) is 3.52. The van der Waals surface area contributed by atoms with Crippen LogP contribution in [0.3, 0.4) is 0 Å². The maximum absolute atomic E-state index is 13.0. The first-order valence-electron chi connectivity index (χ1n) is 10.3. The average Bonchev–Trinajstić information content (AvgIpc) is 3.26. The molecule has 0 atom stereocenters. The minimum atomic E-state index is -4.07. The number of sulfonamides is 1. The zero-order chi connectivity index (χ0) is 24.5. The number of fused-ring (bicyclic) bond motifs is 1. The lowest BCUT2D eigenvalue weighted by atomic mass is 10.2. The number of aryl methyl sites for hydroxylation is 2. The van der Waals surface area contributed by atoms with Gasteiger partial charge in [0, 0.05) is 16.1 Å². The van der Waals surface area contributed by atoms with E-state index in [1.807, 2.05) is 13.8 Å². The molecule has 4 aromatic rings. The van der Waals surface area contributed by atoms with Crippen LogP contribution in [-0.2, 0) is 16.4 Å². The molecule has 0 unspecified atom stereocenters. The third-order valence-corrected chi connectivity index (χ3v) is 7.68. The molecule has 4 rings (SSSR count). The number of thiophene rings is 1. The molecular formula is C23H22N4O5S2. The predicted molar refractivity (Wildman–Crippen MR) is 132 cm³/mol. The number of carbonyl (C=O) groups is 1. The third-order valence-electron chi connectivity index (χ3n) is 5.09. The van der Waals surface area contributed by atoms with Crippen LogP contribution in [0, 0.1) is 6.92 Å². The summed E-state index contributed by atoms with van der Waals surface area (Å²) in [5.41, 5.74) is 3.43. The van der Waals surface area contributed by atoms with E-state index in [4.69, 9.17) is 4.74 Å². The van der Waals surface area contributed by atoms with Crippen molar-refractivity contribution in [3.8, 4) is 5.75 Å². The van der Waals surface area contributed by atoms with Crippen molar-refractivity contribution in [3.05, 3.63) is 81.2 Å². The Kier molecular flexibility index (Phi) is 6.40. The zero-order valence-electron chi connectivity index (χ0n) is 18.7. The topological polar surface area (TPSA) is 119 Å². The van der Waals surface area contributed by atoms with E-state index in [1.165, 1.54) is 43.0 Å². The quantitative estimate of drug-likeness (QED) is 0.402. The molecule has 2 aromatic heterocycles. The van der Waals surface area contributed by atoms with Gasteiger partial charge in [-0.1, -0.05) is 24.6 Å². The Morgan fingerprint density at radius 3 is 2.56 bits per heavy atom. The number of ether oxygens (including phenoxy) is 1. The number of aromatic nitrogens is 2. The van der Waals surface area contributed by atoms with Gasteiger partial charge < -0.3 is 4.74 Å². The van der Waals surface area contributed by atoms with E-state index in [1.54, 1.807) is 30.3 Å². The van der Waals surface area contributed by atoms with Crippen LogP contribution in [-0.4, -0.2) is 31.1 Å². The number of anilines is 1. The highest BCUT2D eigenvalue weighted by Gasteiger charge is 2.22. The van der Waals surface area contributed by atoms with Crippen LogP contribution in [0.5, 0.6) is 5.75 Å². The number of hydrogen-bond donors (Lipinski definition) is 2. The number of hydrogen-bond acceptors (Lipinski definition) is 7. The molecule has 34 heavy (non-hydrogen) atoms. The minimum Gasteiger partial charge on any atom is -0.495 e. The second-order valence-corrected chi connectivity index (χ2v) is 10.2. The molecule has 11 heteroatoms. The molecule has 0 spiro atoms. The number of rotatable bonds is 7. The SMILES string of the molecule is CCc1cc2c(=O)n(NC(=O)c3ccc(OC)c(S(=O)(=O)Nc4ccc(C)cc4)c3)cnc2s1. The monoisotopic (exact) mass is 498 g/mol. The first kappa shape index (κ1) is 23.5. The fourth-order valence-electron chi connectivity index (χ4n) is 3.26. The van der Waals surface area contributed by atoms with E-state index < -0.39 is 21.5 Å². The molecule has 0 aliphatic rings. The van der Waals surface area contributed by atoms with Gasteiger partial charge in [0.2, 0.25) is 0 Å². The third kappa shape index (κ3) is 4.66. The van der Waals surface area contributed by atoms with Gasteiger partial charge in [0.05, 0.1) is 12.5 Å². The number of benzene rings is 2. The molecule has 1 amide bonds. The Bertz CT molecular complexity index is 1540. The number of carbonyl (C=O) groups excluding carboxylic acids is 1. The molecule has 9 nitrogen and oxygen atoms in total. The molecule has 0 aliphatic heterocycles. The highest BCUT2D eigenvalue weighted by molar-refractivity contribution is 7.92. The summed E-state index contributed by atoms with van der Waals surface area (Å²) in [7, 11) is -2.73. The van der Waals surface area contributed by atoms with Crippen LogP contribution in [0.25, 0.3) is 10.2 Å². The molecule has 0 saturated carbocycles. The Morgan fingerprint density at radius 2 is 1.88 bits per heavy atom. The normalized spacial score (nSPS) is 11.4. The summed E-state index contributed by atoms with van der Waals surface area (Å²) in [5.74, 6) is -0.606. The van der Waals surface area contributed by atoms with Gasteiger partial charge in [-0.05, 0) is 49.7 Å². The average molecular weight is 499 g/mol. The lowest BCUT2D eigenvalue weighted by molar-refractivity contribution is 0.101. The van der Waals surface area contributed by atoms with Crippen molar-refractivity contribution >= 4 is 43.2 Å². The van der Waals surface area contributed by atoms with Gasteiger partial charge in [0.1, 0.15) is 21.8 Å². The van der Waals surface area contributed by atoms with Crippen molar-refractivity contribution in [1.82, 2.24) is 9.66 Å². The fraction of sp³-hybridized carbons (Fsp3) is 0.174. The summed E-state index contributed by atoms with van der Waals surface area (Å²) in [5, 5.41) is 0.407. The summed E-state index contributed by atoms with van der Waals surface area (Å²) in [6, 6.07) is 12.6. The Balaban J connectivity index is 1.65. The van der Waals surface area contributed by atoms with Crippen LogP contribution in [0.15, 0.2) is 64.5 Å². The molecule has 2 heterocycles. The van der Waals surface area contributed by atoms with Gasteiger partial charge in [-0.2, -0.15) is 0 Å². The smallest absolute Gasteiger partial charge is 0.280 e. The number of methoxy groups -OCH3 is 1. The van der Waals surface area contributed by atoms with Crippen LogP contribution in [0.1, 0.15) is 27.7 Å². The van der Waals surface area contributed by atoms with Gasteiger partial charge in [-0.15, -0.1) is 11.3 Å². The van der Waals surface area contributed by atoms with Crippen molar-refractivity contribution < 1.29 is 17.9 Å². The largest absolute Gasteiger partial charge is 0.495 e. The van der Waals surface area contributed by atoms with E-state index in [2.05, 4.69) is 15.1 Å². The minimum absolute atomic E-state index is 0.0247. The van der Waals surface area contributed by atoms with Crippen LogP contribution in [0.2, 0.25) is 0 Å². The number of nitrogens with one attached hydrogen (secondary N) is 2. The molecule has 0 aliphatic carbocycles. The van der Waals surface area contributed by atoms with Gasteiger partial charge in [0.15, 0.2) is 0 Å². The summed E-state index contributed by atoms with van der Waals surface area (Å²) in [6.07, 6.45) is 2.01. The van der Waals surface area contributed by atoms with E-state index in [0.29, 0.717) is 15.9 Å². The first-order valence-corrected chi connectivity index (χ1v) is 12.6. The molecule has 2 N–H and O–H groups in total. The van der Waals surface area contributed by atoms with E-state index in [0.717, 1.165) is 21.5 Å². The second kappa shape index (κ2) is 9.27. The van der Waals surface area contributed by atoms with Crippen molar-refractivity contribution in [1.29, 1.82) is 0 Å². The highest BCUT2D eigenvalue weighted by Crippen LogP contribution is 2.27. The van der Waals surface area contributed by atoms with Gasteiger partial charge in [-0.3, -0.25) is 19.7 Å². The second-order valence-electron chi connectivity index (χ2n) is 7.48. The number of nitrogens with zero attached hydrogens (tertiary/aromatic N) is 2. The summed E-state index contributed by atoms with van der Waals surface area (Å²) < 4.78 is 34.8. The molecule has 0 bridgehead atoms. The van der Waals surface area contributed by atoms with E-state index in [-0.39, 0.29) is 16.2 Å². The molecule has 0 saturated heterocycles. The summed E-state index contributed by atoms with van der Waals surface area (Å²) in [6.45, 7) is 3.87. The van der Waals surface area contributed by atoms with Gasteiger partial charge >= 0.3 is 0 Å². The van der Waals surface area contributed by atoms with Crippen molar-refractivity contribution in [3.63, 3.8) is 0 Å². The summed E-state index contributed by atoms with van der Waals surface area (Å²) in [4.78, 5) is 31.3. The van der Waals surface area contributed by atoms with Crippen LogP contribution >= 0.6 is 11.3 Å². The molecule has 0 radical (unpaired) electrons. The fourth-order valence-corrected chi connectivity index (χ4v) is 5.44. The lowest BCUT2D eigenvalue weighted by Gasteiger charge is -2.14. The van der Waals surface area contributed by atoms with Crippen molar-refractivity contribution in [2.45, 2.75) is 25.2 Å². The van der Waals surface area contributed by atoms with E-state index >= 15 is 0 Å². The molecule has 0 fully saturated rings. The number of amides is 1. The summed E-state index contributed by atoms with van der Waals surface area (Å²) >= 11 is 1.42. The van der Waals surface area contributed by atoms with Gasteiger partial charge in [0.25, 0.3) is 21.5 Å². The Morgan fingerprint density at radius 1 is 1.15 bits per heavy atom. The van der Waals surface area contributed by atoms with Gasteiger partial charge in [-0.25, -0.2) is 18.1 Å². The molecular weight excluding hydrogens is 476 g/mol. The lowest BCUT2D eigenvalue weighted by Crippen LogP contribution is -2.33. The van der Waals surface area contributed by atoms with Crippen molar-refractivity contribution in [2.24, 2.45) is 0 Å². The zero-order valence-corrected chi connectivity index (χ0v) is 20.3. The molecule has 176 valence electrons. The van der Waals surface area contributed by atoms with Crippen LogP contribution in [0.4, 0.5) is 5.69 Å². The molecule has 2 aromatic carbocycles. The maximum Gasteiger partial charge on any atom is 0.280 e. The Hall–Kier alpha value is -3.70. The Labute approximate surface area is 200 Å². The van der Waals surface area contributed by atoms with Crippen molar-refractivity contribution in [2.75, 3.05) is 17.3 Å². The van der Waals surface area contributed by atoms with Crippen LogP contribution < -0.4 is 20.4 Å². The standard InChI is InChI=1S/C23H22N4O5S2/c1-4-17-12-18-22(33-17)24-13-27(23(18)29)25-21(28)15-7-10-19(32-3)20(11-15)34(30,31)26-16-8-5-14(2)6-9-16/h5-13,26H,4H2,1-3H3,(H,25,28).